The number of benzene rings is 1. The number of hydrogen-bond acceptors (Lipinski definition) is 12. The van der Waals surface area contributed by atoms with Crippen LogP contribution in [0.4, 0.5) is 27.8 Å². The van der Waals surface area contributed by atoms with Crippen molar-refractivity contribution < 1.29 is 27.9 Å². The molecule has 13 heteroatoms. The largest absolute Gasteiger partial charge is 0.519 e. The fourth-order valence-electron chi connectivity index (χ4n) is 2.45. The lowest BCUT2D eigenvalue weighted by atomic mass is 10.3. The first-order chi connectivity index (χ1) is 15.9. The average molecular weight is 456 g/mol. The Bertz CT molecular complexity index is 1230. The van der Waals surface area contributed by atoms with E-state index in [4.69, 9.17) is 19.6 Å². The van der Waals surface area contributed by atoms with Crippen molar-refractivity contribution >= 4 is 35.1 Å². The van der Waals surface area contributed by atoms with Gasteiger partial charge in [-0.15, -0.1) is 10.2 Å². The summed E-state index contributed by atoms with van der Waals surface area (Å²) in [5, 5.41) is 13.4. The van der Waals surface area contributed by atoms with Crippen molar-refractivity contribution in [1.82, 2.24) is 10.3 Å². The molecular weight excluding hydrogens is 436 g/mol. The highest BCUT2D eigenvalue weighted by Gasteiger charge is 2.15. The number of para-hydroxylation sites is 1. The number of carbonyl (C=O) groups is 2. The minimum Gasteiger partial charge on any atom is -0.426 e. The number of nitrogens with zero attached hydrogens (tertiary/aromatic N) is 3. The third-order valence-corrected chi connectivity index (χ3v) is 3.99. The van der Waals surface area contributed by atoms with Crippen LogP contribution in [-0.4, -0.2) is 30.6 Å². The molecule has 0 atom stereocenters. The van der Waals surface area contributed by atoms with Crippen molar-refractivity contribution in [2.75, 3.05) is 24.6 Å². The predicted molar refractivity (Wildman–Crippen MR) is 115 cm³/mol. The van der Waals surface area contributed by atoms with E-state index in [0.29, 0.717) is 0 Å². The van der Waals surface area contributed by atoms with Crippen LogP contribution in [0.1, 0.15) is 11.5 Å². The summed E-state index contributed by atoms with van der Waals surface area (Å²) in [6, 6.07) is 9.38. The summed E-state index contributed by atoms with van der Waals surface area (Å²) >= 11 is 0. The van der Waals surface area contributed by atoms with Gasteiger partial charge in [0, 0.05) is 0 Å². The molecule has 4 N–H and O–H groups in total. The Labute approximate surface area is 186 Å². The van der Waals surface area contributed by atoms with Crippen molar-refractivity contribution in [3.63, 3.8) is 0 Å². The molecule has 0 saturated heterocycles. The van der Waals surface area contributed by atoms with E-state index >= 15 is 0 Å². The quantitative estimate of drug-likeness (QED) is 0.259. The number of hydrogen-bond donors (Lipinski definition) is 3. The molecule has 33 heavy (non-hydrogen) atoms. The summed E-state index contributed by atoms with van der Waals surface area (Å²) in [4.78, 5) is 38.7. The number of pyridine rings is 1. The second-order valence-corrected chi connectivity index (χ2v) is 6.42. The Kier molecular flexibility index (Phi) is 7.49. The van der Waals surface area contributed by atoms with E-state index in [2.05, 4.69) is 30.3 Å². The van der Waals surface area contributed by atoms with E-state index < -0.39 is 12.0 Å². The maximum atomic E-state index is 12.0. The Hall–Kier alpha value is -4.52. The Morgan fingerprint density at radius 1 is 1.12 bits per heavy atom. The number of nitrogen functional groups attached to an aromatic ring is 1. The van der Waals surface area contributed by atoms with E-state index in [1.165, 1.54) is 25.1 Å². The number of azo groups is 1. The van der Waals surface area contributed by atoms with E-state index in [-0.39, 0.29) is 59.3 Å². The van der Waals surface area contributed by atoms with Crippen LogP contribution in [0.15, 0.2) is 60.3 Å². The normalized spacial score (nSPS) is 10.8. The Balaban J connectivity index is 1.66. The van der Waals surface area contributed by atoms with Gasteiger partial charge in [-0.25, -0.2) is 14.6 Å². The lowest BCUT2D eigenvalue weighted by Crippen LogP contribution is -2.25. The second kappa shape index (κ2) is 10.7. The van der Waals surface area contributed by atoms with Gasteiger partial charge in [0.1, 0.15) is 17.2 Å². The van der Waals surface area contributed by atoms with Crippen LogP contribution in [-0.2, 0) is 16.1 Å². The van der Waals surface area contributed by atoms with Gasteiger partial charge < -0.3 is 34.7 Å². The van der Waals surface area contributed by atoms with E-state index in [9.17, 15) is 14.4 Å². The van der Waals surface area contributed by atoms with E-state index in [0.717, 1.165) is 0 Å². The molecule has 0 aliphatic rings. The molecule has 0 aliphatic carbocycles. The van der Waals surface area contributed by atoms with Crippen LogP contribution in [0.3, 0.4) is 0 Å². The number of likely N-dealkylation sites (N-methyl/N-ethyl adjacent to an activating group) is 1. The summed E-state index contributed by atoms with van der Waals surface area (Å²) < 4.78 is 19.5. The highest BCUT2D eigenvalue weighted by Crippen LogP contribution is 2.30. The molecule has 2 heterocycles. The standard InChI is InChI=1S/C20H20N6O7/c1-11-15(33-20(29)31-11)10-30-19(28)32-14-6-4-3-5-12(14)25-26-13-7-8-16(24-18(13)21)23-17(27)9-22-2/h3-8,22H,9-10H2,1-2H3,(H3,21,23,24,27). The van der Waals surface area contributed by atoms with Crippen molar-refractivity contribution in [3.05, 3.63) is 58.5 Å². The summed E-state index contributed by atoms with van der Waals surface area (Å²) in [5.74, 6) is -0.537. The number of amides is 1. The third kappa shape index (κ3) is 6.48. The monoisotopic (exact) mass is 456 g/mol. The molecule has 0 unspecified atom stereocenters. The molecule has 0 saturated carbocycles. The highest BCUT2D eigenvalue weighted by atomic mass is 16.7. The predicted octanol–water partition coefficient (Wildman–Crippen LogP) is 2.81. The number of aryl methyl sites for hydroxylation is 1. The second-order valence-electron chi connectivity index (χ2n) is 6.42. The number of rotatable bonds is 8. The van der Waals surface area contributed by atoms with Gasteiger partial charge in [0.2, 0.25) is 5.91 Å². The summed E-state index contributed by atoms with van der Waals surface area (Å²) in [7, 11) is 1.64. The van der Waals surface area contributed by atoms with Crippen molar-refractivity contribution in [2.24, 2.45) is 10.2 Å². The Morgan fingerprint density at radius 2 is 1.88 bits per heavy atom. The first-order valence-corrected chi connectivity index (χ1v) is 9.51. The molecule has 1 amide bonds. The van der Waals surface area contributed by atoms with Crippen LogP contribution in [0.2, 0.25) is 0 Å². The molecule has 3 aromatic rings. The summed E-state index contributed by atoms with van der Waals surface area (Å²) in [6.07, 6.45) is -1.05. The first kappa shape index (κ1) is 23.1. The highest BCUT2D eigenvalue weighted by molar-refractivity contribution is 5.91. The minimum atomic E-state index is -1.05. The zero-order valence-corrected chi connectivity index (χ0v) is 17.7. The molecule has 3 rings (SSSR count). The van der Waals surface area contributed by atoms with Crippen molar-refractivity contribution in [1.29, 1.82) is 0 Å². The number of anilines is 2. The topological polar surface area (TPSA) is 184 Å². The fraction of sp³-hybridized carbons (Fsp3) is 0.200. The number of ether oxygens (including phenoxy) is 2. The zero-order valence-electron chi connectivity index (χ0n) is 17.7. The molecule has 0 bridgehead atoms. The minimum absolute atomic E-state index is 0.0378. The lowest BCUT2D eigenvalue weighted by molar-refractivity contribution is -0.115. The maximum Gasteiger partial charge on any atom is 0.519 e. The van der Waals surface area contributed by atoms with Gasteiger partial charge in [-0.05, 0) is 38.2 Å². The number of nitrogens with two attached hydrogens (primary N) is 1. The lowest BCUT2D eigenvalue weighted by Gasteiger charge is -2.07. The SMILES string of the molecule is CNCC(=O)Nc1ccc(N=Nc2ccccc2OC(=O)OCc2oc(=O)oc2C)c(N)n1. The van der Waals surface area contributed by atoms with Crippen LogP contribution >= 0.6 is 0 Å². The third-order valence-electron chi connectivity index (χ3n) is 3.99. The van der Waals surface area contributed by atoms with Gasteiger partial charge in [-0.1, -0.05) is 12.1 Å². The molecule has 0 radical (unpaired) electrons. The maximum absolute atomic E-state index is 12.0. The molecule has 0 spiro atoms. The van der Waals surface area contributed by atoms with Crippen molar-refractivity contribution in [2.45, 2.75) is 13.5 Å². The smallest absolute Gasteiger partial charge is 0.426 e. The molecule has 0 fully saturated rings. The molecular formula is C20H20N6O7. The number of nitrogens with one attached hydrogen (secondary N) is 2. The van der Waals surface area contributed by atoms with Crippen molar-refractivity contribution in [3.8, 4) is 5.75 Å². The molecule has 13 nitrogen and oxygen atoms in total. The van der Waals surface area contributed by atoms with Gasteiger partial charge in [0.25, 0.3) is 0 Å². The Morgan fingerprint density at radius 3 is 2.58 bits per heavy atom. The van der Waals surface area contributed by atoms with Crippen LogP contribution in [0.25, 0.3) is 0 Å². The first-order valence-electron chi connectivity index (χ1n) is 9.51. The number of carbonyl (C=O) groups excluding carboxylic acids is 2. The molecule has 0 aliphatic heterocycles. The number of aromatic nitrogens is 1. The van der Waals surface area contributed by atoms with E-state index in [1.54, 1.807) is 25.2 Å². The van der Waals surface area contributed by atoms with E-state index in [1.807, 2.05) is 0 Å². The zero-order chi connectivity index (χ0) is 23.8. The van der Waals surface area contributed by atoms with Gasteiger partial charge in [0.15, 0.2) is 29.7 Å². The molecule has 172 valence electrons. The molecule has 2 aromatic heterocycles. The summed E-state index contributed by atoms with van der Waals surface area (Å²) in [6.45, 7) is 1.27. The van der Waals surface area contributed by atoms with Gasteiger partial charge in [-0.2, -0.15) is 0 Å². The van der Waals surface area contributed by atoms with Gasteiger partial charge in [-0.3, -0.25) is 4.79 Å². The van der Waals surface area contributed by atoms with Gasteiger partial charge >= 0.3 is 12.0 Å². The average Bonchev–Trinajstić information content (AvgIpc) is 3.09. The van der Waals surface area contributed by atoms with Crippen LogP contribution in [0, 0.1) is 6.92 Å². The fourth-order valence-corrected chi connectivity index (χ4v) is 2.45. The van der Waals surface area contributed by atoms with Crippen LogP contribution < -0.4 is 26.9 Å². The van der Waals surface area contributed by atoms with Crippen LogP contribution in [0.5, 0.6) is 5.75 Å². The summed E-state index contributed by atoms with van der Waals surface area (Å²) in [5.41, 5.74) is 6.34. The molecule has 1 aromatic carbocycles. The van der Waals surface area contributed by atoms with Gasteiger partial charge in [0.05, 0.1) is 6.54 Å².